The highest BCUT2D eigenvalue weighted by molar-refractivity contribution is 7.99. The predicted molar refractivity (Wildman–Crippen MR) is 103 cm³/mol. The molecular weight excluding hydrogens is 334 g/mol. The van der Waals surface area contributed by atoms with Crippen LogP contribution in [0, 0.1) is 0 Å². The largest absolute Gasteiger partial charge is 0.497 e. The van der Waals surface area contributed by atoms with Gasteiger partial charge >= 0.3 is 0 Å². The maximum absolute atomic E-state index is 12.0. The molecule has 0 aliphatic carbocycles. The van der Waals surface area contributed by atoms with Crippen molar-refractivity contribution < 1.29 is 14.6 Å². The molecule has 0 aromatic heterocycles. The van der Waals surface area contributed by atoms with E-state index in [1.807, 2.05) is 54.6 Å². The summed E-state index contributed by atoms with van der Waals surface area (Å²) in [6, 6.07) is 17.6. The Hall–Kier alpha value is -1.98. The average molecular weight is 359 g/mol. The number of carbonyl (C=O) groups excluding carboxylic acids is 1. The molecule has 0 saturated carbocycles. The van der Waals surface area contributed by atoms with Crippen LogP contribution >= 0.6 is 11.8 Å². The van der Waals surface area contributed by atoms with Crippen molar-refractivity contribution in [2.75, 3.05) is 19.4 Å². The lowest BCUT2D eigenvalue weighted by molar-refractivity contribution is -0.119. The van der Waals surface area contributed by atoms with Crippen LogP contribution < -0.4 is 10.1 Å². The van der Waals surface area contributed by atoms with Crippen LogP contribution in [-0.4, -0.2) is 36.0 Å². The minimum Gasteiger partial charge on any atom is -0.497 e. The van der Waals surface area contributed by atoms with Crippen LogP contribution in [0.5, 0.6) is 5.75 Å². The topological polar surface area (TPSA) is 58.6 Å². The average Bonchev–Trinajstić information content (AvgIpc) is 2.61. The molecule has 0 heterocycles. The quantitative estimate of drug-likeness (QED) is 0.722. The van der Waals surface area contributed by atoms with Gasteiger partial charge in [0.05, 0.1) is 18.5 Å². The summed E-state index contributed by atoms with van der Waals surface area (Å²) >= 11 is 1.57. The summed E-state index contributed by atoms with van der Waals surface area (Å²) in [5.41, 5.74) is 1.21. The van der Waals surface area contributed by atoms with Crippen LogP contribution in [0.3, 0.4) is 0 Å². The molecule has 134 valence electrons. The van der Waals surface area contributed by atoms with Crippen molar-refractivity contribution in [3.8, 4) is 5.75 Å². The monoisotopic (exact) mass is 359 g/mol. The molecule has 1 amide bonds. The molecule has 2 aromatic carbocycles. The Morgan fingerprint density at radius 3 is 2.44 bits per heavy atom. The molecule has 1 unspecified atom stereocenters. The van der Waals surface area contributed by atoms with Gasteiger partial charge in [-0.2, -0.15) is 0 Å². The lowest BCUT2D eigenvalue weighted by atomic mass is 9.96. The van der Waals surface area contributed by atoms with E-state index in [4.69, 9.17) is 4.74 Å². The second-order valence-electron chi connectivity index (χ2n) is 6.28. The van der Waals surface area contributed by atoms with Gasteiger partial charge in [-0.25, -0.2) is 0 Å². The number of benzene rings is 2. The molecule has 0 aliphatic heterocycles. The third kappa shape index (κ3) is 7.20. The number of hydrogen-bond acceptors (Lipinski definition) is 4. The normalized spacial score (nSPS) is 13.1. The molecular formula is C20H25NO3S. The van der Waals surface area contributed by atoms with Gasteiger partial charge in [0.1, 0.15) is 5.75 Å². The first-order valence-corrected chi connectivity index (χ1v) is 9.38. The molecule has 0 bridgehead atoms. The van der Waals surface area contributed by atoms with Crippen LogP contribution in [-0.2, 0) is 17.0 Å². The number of thioether (sulfide) groups is 1. The second kappa shape index (κ2) is 9.49. The molecule has 2 rings (SSSR count). The lowest BCUT2D eigenvalue weighted by Gasteiger charge is -2.24. The van der Waals surface area contributed by atoms with E-state index in [1.165, 1.54) is 5.56 Å². The fraction of sp³-hybridized carbons (Fsp3) is 0.350. The molecule has 0 fully saturated rings. The maximum atomic E-state index is 12.0. The third-order valence-electron chi connectivity index (χ3n) is 3.76. The van der Waals surface area contributed by atoms with E-state index in [0.29, 0.717) is 12.2 Å². The second-order valence-corrected chi connectivity index (χ2v) is 7.26. The summed E-state index contributed by atoms with van der Waals surface area (Å²) in [6.45, 7) is 1.96. The van der Waals surface area contributed by atoms with Crippen molar-refractivity contribution in [2.24, 2.45) is 0 Å². The lowest BCUT2D eigenvalue weighted by Crippen LogP contribution is -2.42. The van der Waals surface area contributed by atoms with E-state index >= 15 is 0 Å². The van der Waals surface area contributed by atoms with Crippen molar-refractivity contribution in [1.29, 1.82) is 0 Å². The summed E-state index contributed by atoms with van der Waals surface area (Å²) in [6.07, 6.45) is 0.467. The van der Waals surface area contributed by atoms with Crippen molar-refractivity contribution >= 4 is 17.7 Å². The van der Waals surface area contributed by atoms with Crippen molar-refractivity contribution in [3.05, 3.63) is 65.7 Å². The van der Waals surface area contributed by atoms with E-state index in [-0.39, 0.29) is 12.5 Å². The minimum atomic E-state index is -0.992. The molecule has 0 saturated heterocycles. The SMILES string of the molecule is COc1ccc(CC(C)(O)CNC(=O)CSCc2ccccc2)cc1. The third-order valence-corrected chi connectivity index (χ3v) is 4.76. The highest BCUT2D eigenvalue weighted by Gasteiger charge is 2.21. The predicted octanol–water partition coefficient (Wildman–Crippen LogP) is 3.04. The van der Waals surface area contributed by atoms with Gasteiger partial charge in [0.2, 0.25) is 5.91 Å². The number of methoxy groups -OCH3 is 1. The Bertz CT molecular complexity index is 656. The Balaban J connectivity index is 1.71. The molecule has 2 aromatic rings. The number of carbonyl (C=O) groups is 1. The van der Waals surface area contributed by atoms with Gasteiger partial charge in [-0.15, -0.1) is 11.8 Å². The summed E-state index contributed by atoms with van der Waals surface area (Å²) in [5.74, 6) is 1.91. The zero-order valence-corrected chi connectivity index (χ0v) is 15.5. The van der Waals surface area contributed by atoms with E-state index in [9.17, 15) is 9.90 Å². The minimum absolute atomic E-state index is 0.0593. The fourth-order valence-electron chi connectivity index (χ4n) is 2.42. The van der Waals surface area contributed by atoms with Crippen molar-refractivity contribution in [3.63, 3.8) is 0 Å². The molecule has 1 atom stereocenters. The molecule has 2 N–H and O–H groups in total. The molecule has 0 aliphatic rings. The zero-order chi connectivity index (χ0) is 18.1. The number of rotatable bonds is 9. The van der Waals surface area contributed by atoms with Crippen LogP contribution in [0.25, 0.3) is 0 Å². The van der Waals surface area contributed by atoms with Crippen LogP contribution in [0.1, 0.15) is 18.1 Å². The first-order chi connectivity index (χ1) is 12.0. The molecule has 4 nitrogen and oxygen atoms in total. The number of nitrogens with one attached hydrogen (secondary N) is 1. The number of amides is 1. The van der Waals surface area contributed by atoms with E-state index in [2.05, 4.69) is 5.32 Å². The smallest absolute Gasteiger partial charge is 0.230 e. The van der Waals surface area contributed by atoms with Gasteiger partial charge in [0.25, 0.3) is 0 Å². The zero-order valence-electron chi connectivity index (χ0n) is 14.7. The van der Waals surface area contributed by atoms with E-state index in [1.54, 1.807) is 25.8 Å². The Labute approximate surface area is 153 Å². The fourth-order valence-corrected chi connectivity index (χ4v) is 3.24. The van der Waals surface area contributed by atoms with E-state index in [0.717, 1.165) is 17.1 Å². The summed E-state index contributed by atoms with van der Waals surface area (Å²) < 4.78 is 5.13. The van der Waals surface area contributed by atoms with Gasteiger partial charge < -0.3 is 15.2 Å². The van der Waals surface area contributed by atoms with Gasteiger partial charge in [-0.1, -0.05) is 42.5 Å². The van der Waals surface area contributed by atoms with Gasteiger partial charge in [-0.3, -0.25) is 4.79 Å². The number of hydrogen-bond donors (Lipinski definition) is 2. The standard InChI is InChI=1S/C20H25NO3S/c1-20(23,12-16-8-10-18(24-2)11-9-16)15-21-19(22)14-25-13-17-6-4-3-5-7-17/h3-11,23H,12-15H2,1-2H3,(H,21,22). The van der Waals surface area contributed by atoms with Crippen LogP contribution in [0.15, 0.2) is 54.6 Å². The molecule has 5 heteroatoms. The maximum Gasteiger partial charge on any atom is 0.230 e. The van der Waals surface area contributed by atoms with Crippen molar-refractivity contribution in [2.45, 2.75) is 24.7 Å². The Morgan fingerprint density at radius 2 is 1.80 bits per heavy atom. The van der Waals surface area contributed by atoms with Crippen LogP contribution in [0.2, 0.25) is 0 Å². The summed E-state index contributed by atoms with van der Waals surface area (Å²) in [4.78, 5) is 12.0. The summed E-state index contributed by atoms with van der Waals surface area (Å²) in [5, 5.41) is 13.3. The van der Waals surface area contributed by atoms with Crippen LogP contribution in [0.4, 0.5) is 0 Å². The highest BCUT2D eigenvalue weighted by Crippen LogP contribution is 2.17. The molecule has 0 spiro atoms. The number of ether oxygens (including phenoxy) is 1. The highest BCUT2D eigenvalue weighted by atomic mass is 32.2. The van der Waals surface area contributed by atoms with Gasteiger partial charge in [0, 0.05) is 18.7 Å². The first-order valence-electron chi connectivity index (χ1n) is 8.22. The van der Waals surface area contributed by atoms with E-state index < -0.39 is 5.60 Å². The molecule has 0 radical (unpaired) electrons. The molecule has 25 heavy (non-hydrogen) atoms. The van der Waals surface area contributed by atoms with Gasteiger partial charge in [-0.05, 0) is 30.2 Å². The number of aliphatic hydroxyl groups is 1. The van der Waals surface area contributed by atoms with Crippen molar-refractivity contribution in [1.82, 2.24) is 5.32 Å². The Kier molecular flexibility index (Phi) is 7.34. The van der Waals surface area contributed by atoms with Gasteiger partial charge in [0.15, 0.2) is 0 Å². The Morgan fingerprint density at radius 1 is 1.12 bits per heavy atom. The first kappa shape index (κ1) is 19.3. The summed E-state index contributed by atoms with van der Waals surface area (Å²) in [7, 11) is 1.62.